The molecule has 0 aliphatic rings. The summed E-state index contributed by atoms with van der Waals surface area (Å²) in [5.74, 6) is 0.506. The molecule has 0 aliphatic carbocycles. The molecule has 0 radical (unpaired) electrons. The lowest BCUT2D eigenvalue weighted by Gasteiger charge is -2.16. The Hall–Kier alpha value is -0.930. The molecule has 2 nitrogen and oxygen atoms in total. The van der Waals surface area contributed by atoms with Crippen LogP contribution < -0.4 is 4.74 Å². The molecule has 0 saturated carbocycles. The maximum Gasteiger partial charge on any atom is 0.126 e. The Labute approximate surface area is 126 Å². The average molecular weight is 318 g/mol. The highest BCUT2D eigenvalue weighted by atomic mass is 35.5. The van der Waals surface area contributed by atoms with E-state index in [4.69, 9.17) is 39.5 Å². The second kappa shape index (κ2) is 6.02. The van der Waals surface area contributed by atoms with E-state index in [-0.39, 0.29) is 0 Å². The second-order valence-electron chi connectivity index (χ2n) is 3.95. The topological polar surface area (TPSA) is 29.5 Å². The van der Waals surface area contributed by atoms with Gasteiger partial charge in [-0.3, -0.25) is 0 Å². The summed E-state index contributed by atoms with van der Waals surface area (Å²) in [6.07, 6.45) is -0.906. The SMILES string of the molecule is COc1cc(Cl)ccc1C(O)c1ccc(Cl)cc1Cl. The van der Waals surface area contributed by atoms with E-state index in [2.05, 4.69) is 0 Å². The van der Waals surface area contributed by atoms with Crippen LogP contribution in [-0.2, 0) is 0 Å². The van der Waals surface area contributed by atoms with E-state index in [0.717, 1.165) is 0 Å². The van der Waals surface area contributed by atoms with Crippen molar-refractivity contribution in [1.29, 1.82) is 0 Å². The molecular formula is C14H11Cl3O2. The van der Waals surface area contributed by atoms with Crippen LogP contribution in [0.15, 0.2) is 36.4 Å². The summed E-state index contributed by atoms with van der Waals surface area (Å²) in [7, 11) is 1.52. The molecule has 2 rings (SSSR count). The maximum atomic E-state index is 10.4. The zero-order valence-electron chi connectivity index (χ0n) is 10.0. The van der Waals surface area contributed by atoms with E-state index in [0.29, 0.717) is 31.9 Å². The number of aliphatic hydroxyl groups is 1. The highest BCUT2D eigenvalue weighted by molar-refractivity contribution is 6.35. The summed E-state index contributed by atoms with van der Waals surface area (Å²) in [5.41, 5.74) is 1.16. The van der Waals surface area contributed by atoms with Gasteiger partial charge in [-0.05, 0) is 24.3 Å². The number of aliphatic hydroxyl groups excluding tert-OH is 1. The van der Waals surface area contributed by atoms with Gasteiger partial charge in [0.2, 0.25) is 0 Å². The standard InChI is InChI=1S/C14H11Cl3O2/c1-19-13-7-9(16)3-5-11(13)14(18)10-4-2-8(15)6-12(10)17/h2-7,14,18H,1H3. The van der Waals surface area contributed by atoms with Gasteiger partial charge in [0.05, 0.1) is 7.11 Å². The van der Waals surface area contributed by atoms with Crippen LogP contribution in [-0.4, -0.2) is 12.2 Å². The lowest BCUT2D eigenvalue weighted by molar-refractivity contribution is 0.215. The maximum absolute atomic E-state index is 10.4. The van der Waals surface area contributed by atoms with Crippen molar-refractivity contribution in [2.45, 2.75) is 6.10 Å². The van der Waals surface area contributed by atoms with Crippen LogP contribution in [0.3, 0.4) is 0 Å². The molecule has 1 atom stereocenters. The van der Waals surface area contributed by atoms with Crippen molar-refractivity contribution in [2.24, 2.45) is 0 Å². The molecular weight excluding hydrogens is 307 g/mol. The molecule has 100 valence electrons. The van der Waals surface area contributed by atoms with Gasteiger partial charge in [0.1, 0.15) is 11.9 Å². The molecule has 2 aromatic rings. The van der Waals surface area contributed by atoms with Gasteiger partial charge >= 0.3 is 0 Å². The molecule has 2 aromatic carbocycles. The van der Waals surface area contributed by atoms with Gasteiger partial charge in [0.15, 0.2) is 0 Å². The zero-order valence-corrected chi connectivity index (χ0v) is 12.3. The van der Waals surface area contributed by atoms with Crippen molar-refractivity contribution < 1.29 is 9.84 Å². The van der Waals surface area contributed by atoms with Gasteiger partial charge in [0.25, 0.3) is 0 Å². The molecule has 1 unspecified atom stereocenters. The summed E-state index contributed by atoms with van der Waals surface area (Å²) < 4.78 is 5.22. The number of rotatable bonds is 3. The second-order valence-corrected chi connectivity index (χ2v) is 5.23. The molecule has 5 heteroatoms. The number of methoxy groups -OCH3 is 1. The Balaban J connectivity index is 2.46. The highest BCUT2D eigenvalue weighted by Gasteiger charge is 2.18. The molecule has 19 heavy (non-hydrogen) atoms. The Kier molecular flexibility index (Phi) is 4.58. The smallest absolute Gasteiger partial charge is 0.126 e. The fraction of sp³-hybridized carbons (Fsp3) is 0.143. The quantitative estimate of drug-likeness (QED) is 0.886. The minimum Gasteiger partial charge on any atom is -0.496 e. The number of hydrogen-bond acceptors (Lipinski definition) is 2. The summed E-state index contributed by atoms with van der Waals surface area (Å²) >= 11 is 17.8. The van der Waals surface area contributed by atoms with Crippen molar-refractivity contribution in [3.63, 3.8) is 0 Å². The van der Waals surface area contributed by atoms with E-state index in [9.17, 15) is 5.11 Å². The monoisotopic (exact) mass is 316 g/mol. The largest absolute Gasteiger partial charge is 0.496 e. The van der Waals surface area contributed by atoms with Gasteiger partial charge in [-0.25, -0.2) is 0 Å². The Morgan fingerprint density at radius 1 is 0.947 bits per heavy atom. The molecule has 0 spiro atoms. The van der Waals surface area contributed by atoms with Crippen LogP contribution in [0.2, 0.25) is 15.1 Å². The Morgan fingerprint density at radius 2 is 1.53 bits per heavy atom. The van der Waals surface area contributed by atoms with Crippen LogP contribution >= 0.6 is 34.8 Å². The fourth-order valence-electron chi connectivity index (χ4n) is 1.80. The normalized spacial score (nSPS) is 12.3. The molecule has 0 aliphatic heterocycles. The van der Waals surface area contributed by atoms with Gasteiger partial charge in [-0.15, -0.1) is 0 Å². The predicted octanol–water partition coefficient (Wildman–Crippen LogP) is 4.74. The van der Waals surface area contributed by atoms with Crippen molar-refractivity contribution in [3.05, 3.63) is 62.6 Å². The van der Waals surface area contributed by atoms with Gasteiger partial charge < -0.3 is 9.84 Å². The van der Waals surface area contributed by atoms with Crippen molar-refractivity contribution in [2.75, 3.05) is 7.11 Å². The highest BCUT2D eigenvalue weighted by Crippen LogP contribution is 2.35. The first-order valence-electron chi connectivity index (χ1n) is 5.49. The molecule has 1 N–H and O–H groups in total. The van der Waals surface area contributed by atoms with Crippen LogP contribution in [0.1, 0.15) is 17.2 Å². The van der Waals surface area contributed by atoms with Crippen LogP contribution in [0, 0.1) is 0 Å². The number of hydrogen-bond donors (Lipinski definition) is 1. The first kappa shape index (κ1) is 14.5. The average Bonchev–Trinajstić information content (AvgIpc) is 2.37. The van der Waals surface area contributed by atoms with Crippen molar-refractivity contribution in [1.82, 2.24) is 0 Å². The lowest BCUT2D eigenvalue weighted by Crippen LogP contribution is -2.03. The fourth-order valence-corrected chi connectivity index (χ4v) is 2.48. The summed E-state index contributed by atoms with van der Waals surface area (Å²) in [6.45, 7) is 0. The van der Waals surface area contributed by atoms with Crippen LogP contribution in [0.4, 0.5) is 0 Å². The summed E-state index contributed by atoms with van der Waals surface area (Å²) in [6, 6.07) is 9.98. The summed E-state index contributed by atoms with van der Waals surface area (Å²) in [5, 5.41) is 11.9. The van der Waals surface area contributed by atoms with Crippen LogP contribution in [0.25, 0.3) is 0 Å². The third-order valence-corrected chi connectivity index (χ3v) is 3.54. The predicted molar refractivity (Wildman–Crippen MR) is 78.5 cm³/mol. The third-order valence-electron chi connectivity index (χ3n) is 2.75. The number of benzene rings is 2. The summed E-state index contributed by atoms with van der Waals surface area (Å²) in [4.78, 5) is 0. The van der Waals surface area contributed by atoms with E-state index in [1.165, 1.54) is 7.11 Å². The zero-order chi connectivity index (χ0) is 14.0. The van der Waals surface area contributed by atoms with Gasteiger partial charge in [0, 0.05) is 26.2 Å². The van der Waals surface area contributed by atoms with Crippen LogP contribution in [0.5, 0.6) is 5.75 Å². The first-order valence-corrected chi connectivity index (χ1v) is 6.62. The lowest BCUT2D eigenvalue weighted by atomic mass is 10.0. The molecule has 0 heterocycles. The van der Waals surface area contributed by atoms with E-state index < -0.39 is 6.10 Å². The number of ether oxygens (including phenoxy) is 1. The molecule has 0 saturated heterocycles. The molecule has 0 amide bonds. The van der Waals surface area contributed by atoms with Crippen molar-refractivity contribution in [3.8, 4) is 5.75 Å². The third kappa shape index (κ3) is 3.15. The van der Waals surface area contributed by atoms with Gasteiger partial charge in [-0.1, -0.05) is 46.9 Å². The first-order chi connectivity index (χ1) is 9.02. The molecule has 0 aromatic heterocycles. The van der Waals surface area contributed by atoms with E-state index >= 15 is 0 Å². The van der Waals surface area contributed by atoms with Gasteiger partial charge in [-0.2, -0.15) is 0 Å². The number of halogens is 3. The minimum atomic E-state index is -0.906. The minimum absolute atomic E-state index is 0.400. The van der Waals surface area contributed by atoms with E-state index in [1.807, 2.05) is 0 Å². The Bertz CT molecular complexity index is 599. The van der Waals surface area contributed by atoms with Crippen molar-refractivity contribution >= 4 is 34.8 Å². The molecule has 0 fully saturated rings. The molecule has 0 bridgehead atoms. The Morgan fingerprint density at radius 3 is 2.11 bits per heavy atom. The van der Waals surface area contributed by atoms with E-state index in [1.54, 1.807) is 36.4 Å².